The summed E-state index contributed by atoms with van der Waals surface area (Å²) >= 11 is 6.02. The first-order chi connectivity index (χ1) is 8.82. The Morgan fingerprint density at radius 2 is 2.16 bits per heavy atom. The van der Waals surface area contributed by atoms with E-state index in [1.807, 2.05) is 6.92 Å². The highest BCUT2D eigenvalue weighted by Gasteiger charge is 2.34. The van der Waals surface area contributed by atoms with Gasteiger partial charge in [0.15, 0.2) is 0 Å². The van der Waals surface area contributed by atoms with Gasteiger partial charge < -0.3 is 5.73 Å². The summed E-state index contributed by atoms with van der Waals surface area (Å²) in [5.74, 6) is 0.581. The maximum Gasteiger partial charge on any atom is 0.252 e. The smallest absolute Gasteiger partial charge is 0.252 e. The molecule has 1 aliphatic rings. The van der Waals surface area contributed by atoms with E-state index >= 15 is 0 Å². The first-order valence-corrected chi connectivity index (χ1v) is 8.90. The summed E-state index contributed by atoms with van der Waals surface area (Å²) in [6.45, 7) is 4.72. The third-order valence-electron chi connectivity index (χ3n) is 3.46. The summed E-state index contributed by atoms with van der Waals surface area (Å²) in [7, 11) is -3.41. The van der Waals surface area contributed by atoms with Crippen molar-refractivity contribution in [2.45, 2.75) is 36.9 Å². The second-order valence-corrected chi connectivity index (χ2v) is 8.72. The Bertz CT molecular complexity index is 580. The zero-order valence-corrected chi connectivity index (χ0v) is 13.4. The van der Waals surface area contributed by atoms with E-state index in [0.717, 1.165) is 24.2 Å². The molecule has 2 atom stereocenters. The highest BCUT2D eigenvalue weighted by Crippen LogP contribution is 2.31. The maximum atomic E-state index is 12.6. The molecule has 106 valence electrons. The van der Waals surface area contributed by atoms with Crippen LogP contribution in [0, 0.1) is 5.92 Å². The summed E-state index contributed by atoms with van der Waals surface area (Å²) in [5.41, 5.74) is 5.53. The van der Waals surface area contributed by atoms with Gasteiger partial charge in [-0.2, -0.15) is 4.31 Å². The largest absolute Gasteiger partial charge is 0.389 e. The lowest BCUT2D eigenvalue weighted by atomic mass is 9.95. The first kappa shape index (κ1) is 14.9. The highest BCUT2D eigenvalue weighted by molar-refractivity contribution is 7.91. The molecule has 1 fully saturated rings. The molecular formula is C12H18N2O2S3. The van der Waals surface area contributed by atoms with Gasteiger partial charge in [-0.25, -0.2) is 8.42 Å². The van der Waals surface area contributed by atoms with Crippen molar-refractivity contribution in [3.63, 3.8) is 0 Å². The summed E-state index contributed by atoms with van der Waals surface area (Å²) in [6, 6.07) is 3.32. The topological polar surface area (TPSA) is 63.4 Å². The van der Waals surface area contributed by atoms with Gasteiger partial charge in [0.25, 0.3) is 10.0 Å². The van der Waals surface area contributed by atoms with Crippen LogP contribution in [0.1, 0.15) is 31.6 Å². The van der Waals surface area contributed by atoms with Crippen LogP contribution in [0.3, 0.4) is 0 Å². The van der Waals surface area contributed by atoms with Crippen LogP contribution >= 0.6 is 23.6 Å². The van der Waals surface area contributed by atoms with Crippen molar-refractivity contribution in [1.82, 2.24) is 4.31 Å². The lowest BCUT2D eigenvalue weighted by Crippen LogP contribution is -2.43. The van der Waals surface area contributed by atoms with Gasteiger partial charge in [0, 0.05) is 12.6 Å². The van der Waals surface area contributed by atoms with Crippen molar-refractivity contribution in [2.24, 2.45) is 11.7 Å². The lowest BCUT2D eigenvalue weighted by Gasteiger charge is -2.35. The lowest BCUT2D eigenvalue weighted by molar-refractivity contribution is 0.220. The molecule has 0 amide bonds. The fourth-order valence-electron chi connectivity index (χ4n) is 2.45. The number of rotatable bonds is 3. The number of thiophene rings is 1. The quantitative estimate of drug-likeness (QED) is 0.868. The minimum atomic E-state index is -3.41. The summed E-state index contributed by atoms with van der Waals surface area (Å²) in [4.78, 5) is 0.887. The van der Waals surface area contributed by atoms with E-state index in [4.69, 9.17) is 18.0 Å². The zero-order valence-electron chi connectivity index (χ0n) is 11.0. The van der Waals surface area contributed by atoms with Gasteiger partial charge in [-0.3, -0.25) is 0 Å². The molecule has 0 aliphatic carbocycles. The van der Waals surface area contributed by atoms with E-state index in [0.29, 0.717) is 21.5 Å². The molecule has 1 aromatic rings. The first-order valence-electron chi connectivity index (χ1n) is 6.24. The molecule has 7 heteroatoms. The molecule has 2 unspecified atom stereocenters. The van der Waals surface area contributed by atoms with Crippen LogP contribution < -0.4 is 5.73 Å². The Labute approximate surface area is 123 Å². The van der Waals surface area contributed by atoms with Gasteiger partial charge in [0.2, 0.25) is 0 Å². The Hall–Kier alpha value is -0.500. The monoisotopic (exact) mass is 318 g/mol. The number of thiocarbonyl (C=S) groups is 1. The minimum Gasteiger partial charge on any atom is -0.389 e. The van der Waals surface area contributed by atoms with Gasteiger partial charge in [0.1, 0.15) is 9.20 Å². The molecule has 0 aromatic carbocycles. The fourth-order valence-corrected chi connectivity index (χ4v) is 5.59. The number of piperidine rings is 1. The van der Waals surface area contributed by atoms with Gasteiger partial charge in [-0.1, -0.05) is 19.1 Å². The average Bonchev–Trinajstić information content (AvgIpc) is 2.78. The molecule has 4 nitrogen and oxygen atoms in total. The standard InChI is InChI=1S/C12H18N2O2S3/c1-8-5-6-14(9(2)7-8)19(15,16)11-4-3-10(18-11)12(13)17/h3-4,8-9H,5-7H2,1-2H3,(H2,13,17). The molecule has 0 spiro atoms. The Morgan fingerprint density at radius 3 is 2.68 bits per heavy atom. The van der Waals surface area contributed by atoms with Gasteiger partial charge in [-0.05, 0) is 37.8 Å². The molecular weight excluding hydrogens is 300 g/mol. The Kier molecular flexibility index (Phi) is 4.29. The Morgan fingerprint density at radius 1 is 1.47 bits per heavy atom. The molecule has 1 aliphatic heterocycles. The summed E-state index contributed by atoms with van der Waals surface area (Å²) in [6.07, 6.45) is 1.82. The van der Waals surface area contributed by atoms with Crippen molar-refractivity contribution in [1.29, 1.82) is 0 Å². The van der Waals surface area contributed by atoms with Crippen LogP contribution in [-0.4, -0.2) is 30.3 Å². The third kappa shape index (κ3) is 2.99. The number of nitrogens with zero attached hydrogens (tertiary/aromatic N) is 1. The molecule has 0 saturated carbocycles. The van der Waals surface area contributed by atoms with E-state index in [2.05, 4.69) is 6.92 Å². The van der Waals surface area contributed by atoms with Crippen molar-refractivity contribution in [3.05, 3.63) is 17.0 Å². The van der Waals surface area contributed by atoms with E-state index in [1.54, 1.807) is 16.4 Å². The van der Waals surface area contributed by atoms with Gasteiger partial charge >= 0.3 is 0 Å². The molecule has 2 heterocycles. The van der Waals surface area contributed by atoms with Crippen LogP contribution in [-0.2, 0) is 10.0 Å². The van der Waals surface area contributed by atoms with E-state index < -0.39 is 10.0 Å². The van der Waals surface area contributed by atoms with E-state index in [1.165, 1.54) is 0 Å². The predicted molar refractivity (Wildman–Crippen MR) is 82.0 cm³/mol. The molecule has 2 N–H and O–H groups in total. The molecule has 19 heavy (non-hydrogen) atoms. The van der Waals surface area contributed by atoms with E-state index in [-0.39, 0.29) is 11.0 Å². The van der Waals surface area contributed by atoms with Crippen molar-refractivity contribution in [3.8, 4) is 0 Å². The van der Waals surface area contributed by atoms with Crippen LogP contribution in [0.2, 0.25) is 0 Å². The zero-order chi connectivity index (χ0) is 14.2. The number of nitrogens with two attached hydrogens (primary N) is 1. The summed E-state index contributed by atoms with van der Waals surface area (Å²) in [5, 5.41) is 0. The molecule has 2 rings (SSSR count). The number of sulfonamides is 1. The predicted octanol–water partition coefficient (Wildman–Crippen LogP) is 2.19. The normalized spacial score (nSPS) is 25.4. The molecule has 0 radical (unpaired) electrons. The second-order valence-electron chi connectivity index (χ2n) is 5.08. The van der Waals surface area contributed by atoms with Crippen molar-refractivity contribution < 1.29 is 8.42 Å². The minimum absolute atomic E-state index is 0.0455. The van der Waals surface area contributed by atoms with E-state index in [9.17, 15) is 8.42 Å². The van der Waals surface area contributed by atoms with Crippen LogP contribution in [0.5, 0.6) is 0 Å². The molecule has 1 saturated heterocycles. The Balaban J connectivity index is 2.28. The maximum absolute atomic E-state index is 12.6. The van der Waals surface area contributed by atoms with Crippen LogP contribution in [0.25, 0.3) is 0 Å². The van der Waals surface area contributed by atoms with Crippen LogP contribution in [0.15, 0.2) is 16.3 Å². The van der Waals surface area contributed by atoms with Crippen LogP contribution in [0.4, 0.5) is 0 Å². The second kappa shape index (κ2) is 5.47. The number of hydrogen-bond acceptors (Lipinski definition) is 4. The SMILES string of the molecule is CC1CCN(S(=O)(=O)c2ccc(C(N)=S)s2)C(C)C1. The molecule has 1 aromatic heterocycles. The molecule has 0 bridgehead atoms. The third-order valence-corrected chi connectivity index (χ3v) is 7.41. The fraction of sp³-hybridized carbons (Fsp3) is 0.583. The van der Waals surface area contributed by atoms with Crippen molar-refractivity contribution in [2.75, 3.05) is 6.54 Å². The number of hydrogen-bond donors (Lipinski definition) is 1. The van der Waals surface area contributed by atoms with Gasteiger partial charge in [0.05, 0.1) is 4.88 Å². The van der Waals surface area contributed by atoms with Crippen molar-refractivity contribution >= 4 is 38.6 Å². The van der Waals surface area contributed by atoms with Gasteiger partial charge in [-0.15, -0.1) is 11.3 Å². The highest BCUT2D eigenvalue weighted by atomic mass is 32.2. The average molecular weight is 318 g/mol. The summed E-state index contributed by atoms with van der Waals surface area (Å²) < 4.78 is 27.1.